The Bertz CT molecular complexity index is 1670. The number of nitrogens with zero attached hydrogens (tertiary/aromatic N) is 4. The van der Waals surface area contributed by atoms with Crippen LogP contribution in [0.5, 0.6) is 0 Å². The molecule has 3 saturated heterocycles. The van der Waals surface area contributed by atoms with Crippen LogP contribution in [0.4, 0.5) is 14.9 Å². The molecule has 2 aromatic rings. The van der Waals surface area contributed by atoms with Crippen molar-refractivity contribution in [2.24, 2.45) is 17.8 Å². The van der Waals surface area contributed by atoms with Crippen molar-refractivity contribution in [1.29, 1.82) is 5.26 Å². The number of benzene rings is 2. The van der Waals surface area contributed by atoms with Gasteiger partial charge in [0.05, 0.1) is 16.4 Å². The van der Waals surface area contributed by atoms with Gasteiger partial charge < -0.3 is 25.1 Å². The number of piperidine rings is 1. The minimum atomic E-state index is -3.51. The second-order valence-corrected chi connectivity index (χ2v) is 16.1. The maximum Gasteiger partial charge on any atom is 0.404 e. The number of nitrogens with one attached hydrogen (secondary N) is 1. The molecule has 12 heteroatoms. The summed E-state index contributed by atoms with van der Waals surface area (Å²) in [5.41, 5.74) is 0.652. The van der Waals surface area contributed by atoms with Crippen LogP contribution in [-0.4, -0.2) is 92.4 Å². The summed E-state index contributed by atoms with van der Waals surface area (Å²) in [6.07, 6.45) is 5.76. The van der Waals surface area contributed by atoms with E-state index in [1.807, 2.05) is 18.2 Å². The van der Waals surface area contributed by atoms with Crippen LogP contribution in [0, 0.1) is 34.9 Å². The molecule has 0 spiro atoms. The zero-order valence-corrected chi connectivity index (χ0v) is 28.1. The lowest BCUT2D eigenvalue weighted by Crippen LogP contribution is -2.56. The van der Waals surface area contributed by atoms with Crippen molar-refractivity contribution in [3.8, 4) is 6.07 Å². The van der Waals surface area contributed by atoms with Gasteiger partial charge in [0, 0.05) is 56.3 Å². The number of halogens is 1. The predicted molar refractivity (Wildman–Crippen MR) is 180 cm³/mol. The fourth-order valence-electron chi connectivity index (χ4n) is 8.51. The summed E-state index contributed by atoms with van der Waals surface area (Å²) < 4.78 is 40.7. The third kappa shape index (κ3) is 6.54. The lowest BCUT2D eigenvalue weighted by molar-refractivity contribution is -0.129. The molecule has 256 valence electrons. The van der Waals surface area contributed by atoms with E-state index in [1.165, 1.54) is 23.1 Å². The van der Waals surface area contributed by atoms with Crippen LogP contribution >= 0.6 is 0 Å². The molecule has 3 heterocycles. The summed E-state index contributed by atoms with van der Waals surface area (Å²) in [7, 11) is -3.51. The number of hydrogen-bond acceptors (Lipinski definition) is 7. The van der Waals surface area contributed by atoms with Gasteiger partial charge in [-0.3, -0.25) is 4.79 Å². The van der Waals surface area contributed by atoms with E-state index in [0.717, 1.165) is 64.1 Å². The first kappa shape index (κ1) is 33.9. The summed E-state index contributed by atoms with van der Waals surface area (Å²) >= 11 is 0. The smallest absolute Gasteiger partial charge is 0.404 e. The van der Waals surface area contributed by atoms with E-state index in [9.17, 15) is 32.8 Å². The first-order chi connectivity index (χ1) is 23.0. The first-order valence-corrected chi connectivity index (χ1v) is 18.5. The SMILES string of the molecule is C/C=C/C(=O)N1CC(S(=O)(=O)c2ccc(N3CC(CN4CCC(C(C#N)(c5cccc(F)c5)[C@H]5CCC[C@@H]5NC(=O)O)CC4)C3)cc2)C1. The van der Waals surface area contributed by atoms with Crippen molar-refractivity contribution in [1.82, 2.24) is 15.1 Å². The molecular weight excluding hydrogens is 633 g/mol. The standard InChI is InChI=1S/C36H44FN5O5S/c1-2-5-34(43)42-22-31(23-42)48(46,47)30-12-10-29(11-13-30)41-20-25(21-41)19-40-16-14-26(15-17-40)36(24-38,27-6-3-7-28(37)18-27)32-8-4-9-33(32)39-35(44)45/h2-3,5-7,10-13,18,25-26,31-33,39H,4,8-9,14-17,19-23H2,1H3,(H,44,45)/b5-2+/t32-,33-,36?/m0/s1. The number of likely N-dealkylation sites (tertiary alicyclic amines) is 2. The molecule has 1 aliphatic carbocycles. The van der Waals surface area contributed by atoms with E-state index in [2.05, 4.69) is 21.2 Å². The van der Waals surface area contributed by atoms with E-state index in [-0.39, 0.29) is 47.6 Å². The molecule has 0 radical (unpaired) electrons. The molecule has 4 fully saturated rings. The Hall–Kier alpha value is -3.95. The molecule has 4 aliphatic rings. The molecule has 1 unspecified atom stereocenters. The van der Waals surface area contributed by atoms with Gasteiger partial charge in [-0.25, -0.2) is 17.6 Å². The monoisotopic (exact) mass is 677 g/mol. The molecule has 2 aromatic carbocycles. The number of carboxylic acid groups (broad SMARTS) is 1. The topological polar surface area (TPSA) is 134 Å². The van der Waals surface area contributed by atoms with Crippen LogP contribution in [0.3, 0.4) is 0 Å². The number of rotatable bonds is 10. The van der Waals surface area contributed by atoms with Gasteiger partial charge in [-0.1, -0.05) is 24.6 Å². The predicted octanol–water partition coefficient (Wildman–Crippen LogP) is 4.43. The van der Waals surface area contributed by atoms with E-state index >= 15 is 0 Å². The molecule has 0 aromatic heterocycles. The minimum absolute atomic E-state index is 0.0221. The molecule has 3 aliphatic heterocycles. The van der Waals surface area contributed by atoms with Gasteiger partial charge in [0.2, 0.25) is 5.91 Å². The van der Waals surface area contributed by atoms with Crippen molar-refractivity contribution < 1.29 is 27.5 Å². The molecular formula is C36H44FN5O5S. The quantitative estimate of drug-likeness (QED) is 0.353. The average Bonchev–Trinajstić information content (AvgIpc) is 3.47. The Morgan fingerprint density at radius 2 is 1.77 bits per heavy atom. The molecule has 48 heavy (non-hydrogen) atoms. The highest BCUT2D eigenvalue weighted by atomic mass is 32.2. The van der Waals surface area contributed by atoms with E-state index < -0.39 is 26.6 Å². The Morgan fingerprint density at radius 3 is 2.40 bits per heavy atom. The van der Waals surface area contributed by atoms with Gasteiger partial charge in [0.15, 0.2) is 9.84 Å². The van der Waals surface area contributed by atoms with Crippen molar-refractivity contribution in [2.45, 2.75) is 60.6 Å². The Balaban J connectivity index is 1.04. The molecule has 0 bridgehead atoms. The largest absolute Gasteiger partial charge is 0.465 e. The highest BCUT2D eigenvalue weighted by Gasteiger charge is 2.53. The van der Waals surface area contributed by atoms with Gasteiger partial charge in [-0.2, -0.15) is 5.26 Å². The van der Waals surface area contributed by atoms with Crippen LogP contribution in [-0.2, 0) is 20.0 Å². The number of sulfone groups is 1. The number of allylic oxidation sites excluding steroid dienone is 1. The molecule has 3 atom stereocenters. The summed E-state index contributed by atoms with van der Waals surface area (Å²) in [6.45, 7) is 6.47. The van der Waals surface area contributed by atoms with Crippen molar-refractivity contribution in [2.75, 3.05) is 50.7 Å². The zero-order valence-electron chi connectivity index (χ0n) is 27.3. The number of hydrogen-bond donors (Lipinski definition) is 2. The van der Waals surface area contributed by atoms with Crippen LogP contribution < -0.4 is 10.2 Å². The summed E-state index contributed by atoms with van der Waals surface area (Å²) in [5, 5.41) is 22.4. The second-order valence-electron chi connectivity index (χ2n) is 13.8. The molecule has 10 nitrogen and oxygen atoms in total. The van der Waals surface area contributed by atoms with E-state index in [4.69, 9.17) is 0 Å². The van der Waals surface area contributed by atoms with Crippen LogP contribution in [0.1, 0.15) is 44.6 Å². The zero-order chi connectivity index (χ0) is 34.1. The van der Waals surface area contributed by atoms with Crippen molar-refractivity contribution in [3.05, 3.63) is 72.1 Å². The van der Waals surface area contributed by atoms with E-state index in [0.29, 0.717) is 17.9 Å². The second kappa shape index (κ2) is 13.9. The number of carbonyl (C=O) groups is 2. The third-order valence-corrected chi connectivity index (χ3v) is 13.1. The summed E-state index contributed by atoms with van der Waals surface area (Å²) in [4.78, 5) is 30.1. The average molecular weight is 678 g/mol. The minimum Gasteiger partial charge on any atom is -0.465 e. The molecule has 2 N–H and O–H groups in total. The third-order valence-electron chi connectivity index (χ3n) is 11.0. The van der Waals surface area contributed by atoms with Crippen LogP contribution in [0.2, 0.25) is 0 Å². The lowest BCUT2D eigenvalue weighted by Gasteiger charge is -2.48. The first-order valence-electron chi connectivity index (χ1n) is 16.9. The highest BCUT2D eigenvalue weighted by molar-refractivity contribution is 7.92. The Morgan fingerprint density at radius 1 is 1.06 bits per heavy atom. The fraction of sp³-hybridized carbons (Fsp3) is 0.528. The number of anilines is 1. The Labute approximate surface area is 282 Å². The van der Waals surface area contributed by atoms with Crippen LogP contribution in [0.25, 0.3) is 0 Å². The van der Waals surface area contributed by atoms with Gasteiger partial charge in [-0.15, -0.1) is 0 Å². The van der Waals surface area contributed by atoms with Gasteiger partial charge in [0.25, 0.3) is 0 Å². The summed E-state index contributed by atoms with van der Waals surface area (Å²) in [5.74, 6) is -0.342. The van der Waals surface area contributed by atoms with Crippen LogP contribution in [0.15, 0.2) is 65.6 Å². The summed E-state index contributed by atoms with van der Waals surface area (Å²) in [6, 6.07) is 15.7. The normalized spacial score (nSPS) is 24.1. The maximum atomic E-state index is 14.5. The number of nitriles is 1. The number of carbonyl (C=O) groups excluding carboxylic acids is 1. The van der Waals surface area contributed by atoms with Gasteiger partial charge in [0.1, 0.15) is 11.1 Å². The highest BCUT2D eigenvalue weighted by Crippen LogP contribution is 2.50. The number of amides is 2. The molecule has 2 amide bonds. The van der Waals surface area contributed by atoms with Gasteiger partial charge >= 0.3 is 6.09 Å². The molecule has 1 saturated carbocycles. The molecule has 6 rings (SSSR count). The lowest BCUT2D eigenvalue weighted by atomic mass is 9.59. The fourth-order valence-corrected chi connectivity index (χ4v) is 10.2. The van der Waals surface area contributed by atoms with E-state index in [1.54, 1.807) is 31.2 Å². The van der Waals surface area contributed by atoms with Crippen molar-refractivity contribution in [3.63, 3.8) is 0 Å². The van der Waals surface area contributed by atoms with Gasteiger partial charge in [-0.05, 0) is 99.7 Å². The van der Waals surface area contributed by atoms with Crippen molar-refractivity contribution >= 4 is 27.5 Å². The Kier molecular flexibility index (Phi) is 9.81. The maximum absolute atomic E-state index is 14.5.